The predicted octanol–water partition coefficient (Wildman–Crippen LogP) is 2.17. The summed E-state index contributed by atoms with van der Waals surface area (Å²) in [5.41, 5.74) is 12.8. The van der Waals surface area contributed by atoms with E-state index in [0.717, 1.165) is 0 Å². The monoisotopic (exact) mass is 609 g/mol. The van der Waals surface area contributed by atoms with Crippen LogP contribution in [0.2, 0.25) is 0 Å². The molecule has 0 fully saturated rings. The molecule has 0 radical (unpaired) electrons. The minimum atomic E-state index is -1.34. The van der Waals surface area contributed by atoms with Gasteiger partial charge in [-0.1, -0.05) is 6.07 Å². The highest BCUT2D eigenvalue weighted by atomic mass is 79.9. The van der Waals surface area contributed by atoms with Gasteiger partial charge in [-0.3, -0.25) is 14.4 Å². The van der Waals surface area contributed by atoms with Gasteiger partial charge in [-0.15, -0.1) is 0 Å². The Morgan fingerprint density at radius 1 is 1.26 bits per heavy atom. The number of halogens is 2. The standard InChI is InChI=1S/C21H21Br2N7O5/c22-9-4-11(29-18(9)23)19(32)26-6-12-17(13-7-27-21(25)30-13)35-15-3-1-2-8(16(15)28-12)14(31)5-10(24)20(33)34/h1-4,7,10,12,17,28-29H,5-6,24H2,(H,26,32)(H,33,34)(H3,25,27,30). The molecule has 1 amide bonds. The third-order valence-electron chi connectivity index (χ3n) is 5.37. The van der Waals surface area contributed by atoms with Crippen molar-refractivity contribution in [3.05, 3.63) is 56.5 Å². The van der Waals surface area contributed by atoms with E-state index in [2.05, 4.69) is 57.4 Å². The number of nitrogen functional groups attached to an aromatic ring is 1. The molecule has 1 aromatic carbocycles. The Labute approximate surface area is 215 Å². The molecule has 2 aromatic heterocycles. The summed E-state index contributed by atoms with van der Waals surface area (Å²) in [6.07, 6.45) is 0.509. The van der Waals surface area contributed by atoms with Crippen LogP contribution in [0.5, 0.6) is 5.75 Å². The van der Waals surface area contributed by atoms with Gasteiger partial charge in [0.15, 0.2) is 17.8 Å². The average Bonchev–Trinajstić information content (AvgIpc) is 3.41. The third kappa shape index (κ3) is 5.33. The van der Waals surface area contributed by atoms with Crippen LogP contribution in [0.3, 0.4) is 0 Å². The van der Waals surface area contributed by atoms with Gasteiger partial charge in [-0.2, -0.15) is 0 Å². The summed E-state index contributed by atoms with van der Waals surface area (Å²) in [6, 6.07) is 4.61. The van der Waals surface area contributed by atoms with Gasteiger partial charge in [0.25, 0.3) is 5.91 Å². The average molecular weight is 611 g/mol. The number of carboxylic acid groups (broad SMARTS) is 1. The van der Waals surface area contributed by atoms with Crippen molar-refractivity contribution in [1.29, 1.82) is 0 Å². The summed E-state index contributed by atoms with van der Waals surface area (Å²) in [6.45, 7) is 0.104. The number of anilines is 2. The highest BCUT2D eigenvalue weighted by Gasteiger charge is 2.35. The number of Topliss-reactive ketones (excluding diaryl/α,β-unsaturated/α-hetero) is 1. The number of carbonyl (C=O) groups is 3. The minimum Gasteiger partial charge on any atom is -0.480 e. The van der Waals surface area contributed by atoms with E-state index in [9.17, 15) is 14.4 Å². The second-order valence-electron chi connectivity index (χ2n) is 7.82. The maximum atomic E-state index is 12.8. The number of rotatable bonds is 8. The minimum absolute atomic E-state index is 0.104. The Kier molecular flexibility index (Phi) is 7.14. The largest absolute Gasteiger partial charge is 0.480 e. The molecule has 0 spiro atoms. The maximum Gasteiger partial charge on any atom is 0.320 e. The number of carboxylic acids is 1. The second-order valence-corrected chi connectivity index (χ2v) is 9.47. The number of imidazole rings is 1. The number of nitrogens with one attached hydrogen (secondary N) is 4. The lowest BCUT2D eigenvalue weighted by molar-refractivity contribution is -0.138. The molecule has 4 rings (SSSR count). The fraction of sp³-hybridized carbons (Fsp3) is 0.238. The second kappa shape index (κ2) is 10.1. The van der Waals surface area contributed by atoms with Gasteiger partial charge in [0.05, 0.1) is 32.7 Å². The molecule has 3 atom stereocenters. The van der Waals surface area contributed by atoms with Gasteiger partial charge >= 0.3 is 5.97 Å². The zero-order chi connectivity index (χ0) is 25.3. The lowest BCUT2D eigenvalue weighted by Crippen LogP contribution is -2.45. The molecule has 3 unspecified atom stereocenters. The topological polar surface area (TPSA) is 201 Å². The van der Waals surface area contributed by atoms with Crippen LogP contribution in [0.4, 0.5) is 11.6 Å². The number of aliphatic carboxylic acids is 1. The Balaban J connectivity index is 1.61. The van der Waals surface area contributed by atoms with E-state index in [4.69, 9.17) is 21.3 Å². The number of nitrogens with zero attached hydrogens (tertiary/aromatic N) is 1. The molecule has 3 heterocycles. The molecule has 1 aliphatic rings. The number of ether oxygens (including phenoxy) is 1. The highest BCUT2D eigenvalue weighted by Crippen LogP contribution is 2.39. The number of hydrogen-bond acceptors (Lipinski definition) is 8. The summed E-state index contributed by atoms with van der Waals surface area (Å²) in [5.74, 6) is -1.51. The number of fused-ring (bicyclic) bond motifs is 1. The molecule has 35 heavy (non-hydrogen) atoms. The lowest BCUT2D eigenvalue weighted by Gasteiger charge is -2.35. The summed E-state index contributed by atoms with van der Waals surface area (Å²) in [5, 5.41) is 15.2. The first kappa shape index (κ1) is 24.8. The van der Waals surface area contributed by atoms with Crippen LogP contribution in [-0.2, 0) is 4.79 Å². The van der Waals surface area contributed by atoms with E-state index >= 15 is 0 Å². The zero-order valence-electron chi connectivity index (χ0n) is 18.0. The number of para-hydroxylation sites is 1. The van der Waals surface area contributed by atoms with E-state index in [1.807, 2.05) is 0 Å². The van der Waals surface area contributed by atoms with Crippen LogP contribution in [0, 0.1) is 0 Å². The smallest absolute Gasteiger partial charge is 0.320 e. The number of aromatic nitrogens is 3. The van der Waals surface area contributed by atoms with E-state index in [0.29, 0.717) is 31.9 Å². The van der Waals surface area contributed by atoms with E-state index in [1.165, 1.54) is 6.20 Å². The SMILES string of the molecule is Nc1ncc(C2Oc3cccc(C(=O)CC(N)C(=O)O)c3NC2CNC(=O)c2cc(Br)c(Br)[nH]2)[nH]1. The summed E-state index contributed by atoms with van der Waals surface area (Å²) >= 11 is 6.63. The number of aromatic amines is 2. The first-order chi connectivity index (χ1) is 16.6. The number of benzene rings is 1. The first-order valence-electron chi connectivity index (χ1n) is 10.3. The fourth-order valence-corrected chi connectivity index (χ4v) is 4.30. The fourth-order valence-electron chi connectivity index (χ4n) is 3.65. The van der Waals surface area contributed by atoms with Crippen LogP contribution in [0.1, 0.15) is 39.1 Å². The van der Waals surface area contributed by atoms with Crippen LogP contribution in [0.25, 0.3) is 0 Å². The summed E-state index contributed by atoms with van der Waals surface area (Å²) in [4.78, 5) is 46.5. The summed E-state index contributed by atoms with van der Waals surface area (Å²) in [7, 11) is 0. The van der Waals surface area contributed by atoms with Crippen LogP contribution in [-0.4, -0.2) is 56.3 Å². The predicted molar refractivity (Wildman–Crippen MR) is 133 cm³/mol. The molecule has 14 heteroatoms. The number of hydrogen-bond donors (Lipinski definition) is 7. The summed E-state index contributed by atoms with van der Waals surface area (Å²) < 4.78 is 7.51. The molecular weight excluding hydrogens is 590 g/mol. The van der Waals surface area contributed by atoms with Crippen molar-refractivity contribution < 1.29 is 24.2 Å². The number of H-pyrrole nitrogens is 2. The Morgan fingerprint density at radius 2 is 2.03 bits per heavy atom. The van der Waals surface area contributed by atoms with Crippen molar-refractivity contribution in [1.82, 2.24) is 20.3 Å². The highest BCUT2D eigenvalue weighted by molar-refractivity contribution is 9.13. The Hall–Kier alpha value is -3.36. The Bertz CT molecular complexity index is 1270. The molecule has 1 aliphatic heterocycles. The van der Waals surface area contributed by atoms with Gasteiger partial charge in [0, 0.05) is 18.5 Å². The number of amides is 1. The van der Waals surface area contributed by atoms with Crippen molar-refractivity contribution in [3.63, 3.8) is 0 Å². The maximum absolute atomic E-state index is 12.8. The van der Waals surface area contributed by atoms with Gasteiger partial charge in [-0.25, -0.2) is 4.98 Å². The number of carbonyl (C=O) groups excluding carboxylic acids is 2. The molecule has 0 aliphatic carbocycles. The zero-order valence-corrected chi connectivity index (χ0v) is 21.1. The van der Waals surface area contributed by atoms with Crippen molar-refractivity contribution in [2.75, 3.05) is 17.6 Å². The molecule has 3 aromatic rings. The third-order valence-corrected chi connectivity index (χ3v) is 7.16. The lowest BCUT2D eigenvalue weighted by atomic mass is 9.98. The Morgan fingerprint density at radius 3 is 2.66 bits per heavy atom. The molecule has 184 valence electrons. The molecule has 0 saturated carbocycles. The molecule has 12 nitrogen and oxygen atoms in total. The van der Waals surface area contributed by atoms with Gasteiger partial charge in [-0.05, 0) is 50.1 Å². The molecule has 0 bridgehead atoms. The normalized spacial score (nSPS) is 17.6. The van der Waals surface area contributed by atoms with E-state index < -0.39 is 29.9 Å². The number of nitrogens with two attached hydrogens (primary N) is 2. The quantitative estimate of drug-likeness (QED) is 0.187. The number of ketones is 1. The van der Waals surface area contributed by atoms with Gasteiger partial charge in [0.1, 0.15) is 17.5 Å². The van der Waals surface area contributed by atoms with Crippen molar-refractivity contribution in [2.45, 2.75) is 24.6 Å². The van der Waals surface area contributed by atoms with Gasteiger partial charge in [0.2, 0.25) is 0 Å². The van der Waals surface area contributed by atoms with E-state index in [-0.39, 0.29) is 30.4 Å². The van der Waals surface area contributed by atoms with Crippen molar-refractivity contribution >= 4 is 61.2 Å². The first-order valence-corrected chi connectivity index (χ1v) is 11.9. The van der Waals surface area contributed by atoms with Crippen molar-refractivity contribution in [2.24, 2.45) is 5.73 Å². The van der Waals surface area contributed by atoms with Crippen LogP contribution < -0.4 is 26.8 Å². The molecule has 9 N–H and O–H groups in total. The van der Waals surface area contributed by atoms with Crippen LogP contribution in [0.15, 0.2) is 39.5 Å². The van der Waals surface area contributed by atoms with Crippen LogP contribution >= 0.6 is 31.9 Å². The van der Waals surface area contributed by atoms with Gasteiger partial charge < -0.3 is 41.9 Å². The van der Waals surface area contributed by atoms with E-state index in [1.54, 1.807) is 24.3 Å². The molecule has 0 saturated heterocycles. The molecular formula is C21H21Br2N7O5. The van der Waals surface area contributed by atoms with Crippen molar-refractivity contribution in [3.8, 4) is 5.75 Å².